The van der Waals surface area contributed by atoms with Crippen LogP contribution in [0.3, 0.4) is 0 Å². The Morgan fingerprint density at radius 1 is 1.32 bits per heavy atom. The van der Waals surface area contributed by atoms with Gasteiger partial charge in [-0.3, -0.25) is 4.90 Å². The van der Waals surface area contributed by atoms with Crippen LogP contribution in [0.2, 0.25) is 5.02 Å². The molecule has 0 radical (unpaired) electrons. The third kappa shape index (κ3) is 6.23. The number of aliphatic hydroxyl groups is 1. The van der Waals surface area contributed by atoms with E-state index in [-0.39, 0.29) is 17.6 Å². The number of rotatable bonds is 11. The van der Waals surface area contributed by atoms with E-state index in [1.54, 1.807) is 0 Å². The molecule has 0 saturated carbocycles. The first-order chi connectivity index (χ1) is 13.1. The molecule has 1 atom stereocenters. The van der Waals surface area contributed by atoms with Crippen molar-refractivity contribution in [3.63, 3.8) is 0 Å². The number of hydrogen-bond donors (Lipinski definition) is 2. The van der Waals surface area contributed by atoms with Crippen LogP contribution in [0.1, 0.15) is 70.9 Å². The lowest BCUT2D eigenvalue weighted by Crippen LogP contribution is -2.59. The van der Waals surface area contributed by atoms with Gasteiger partial charge in [0.2, 0.25) is 0 Å². The summed E-state index contributed by atoms with van der Waals surface area (Å²) in [6.07, 6.45) is 5.49. The molecule has 2 N–H and O–H groups in total. The van der Waals surface area contributed by atoms with Crippen LogP contribution in [0.4, 0.5) is 0 Å². The van der Waals surface area contributed by atoms with Crippen LogP contribution in [0.5, 0.6) is 0 Å². The summed E-state index contributed by atoms with van der Waals surface area (Å²) in [7, 11) is 0. The topological polar surface area (TPSA) is 35.5 Å². The van der Waals surface area contributed by atoms with Crippen molar-refractivity contribution in [1.29, 1.82) is 0 Å². The molecular formula is C24H39ClN2O. The van der Waals surface area contributed by atoms with Gasteiger partial charge >= 0.3 is 0 Å². The number of halogens is 1. The van der Waals surface area contributed by atoms with Gasteiger partial charge in [-0.25, -0.2) is 0 Å². The second kappa shape index (κ2) is 9.65. The van der Waals surface area contributed by atoms with Crippen molar-refractivity contribution in [1.82, 2.24) is 10.2 Å². The molecule has 0 bridgehead atoms. The normalized spacial score (nSPS) is 17.8. The van der Waals surface area contributed by atoms with Crippen LogP contribution >= 0.6 is 11.6 Å². The van der Waals surface area contributed by atoms with E-state index in [4.69, 9.17) is 11.6 Å². The molecule has 0 aliphatic carbocycles. The van der Waals surface area contributed by atoms with Crippen LogP contribution in [0.25, 0.3) is 0 Å². The number of aryl methyl sites for hydroxylation is 1. The highest BCUT2D eigenvalue weighted by atomic mass is 35.5. The van der Waals surface area contributed by atoms with E-state index in [1.807, 2.05) is 12.1 Å². The van der Waals surface area contributed by atoms with Crippen molar-refractivity contribution in [2.75, 3.05) is 19.7 Å². The molecule has 1 heterocycles. The summed E-state index contributed by atoms with van der Waals surface area (Å²) in [5.41, 5.74) is 3.47. The van der Waals surface area contributed by atoms with Crippen molar-refractivity contribution >= 4 is 11.6 Å². The van der Waals surface area contributed by atoms with Gasteiger partial charge in [-0.2, -0.15) is 0 Å². The highest BCUT2D eigenvalue weighted by molar-refractivity contribution is 6.30. The fourth-order valence-electron chi connectivity index (χ4n) is 4.57. The third-order valence-corrected chi connectivity index (χ3v) is 6.15. The maximum Gasteiger partial charge on any atom is 0.0566 e. The molecule has 2 rings (SSSR count). The summed E-state index contributed by atoms with van der Waals surface area (Å²) in [5.74, 6) is 0. The molecule has 1 aromatic rings. The van der Waals surface area contributed by atoms with E-state index in [0.29, 0.717) is 6.04 Å². The average Bonchev–Trinajstić information content (AvgIpc) is 2.55. The Bertz CT molecular complexity index is 644. The Morgan fingerprint density at radius 3 is 2.57 bits per heavy atom. The van der Waals surface area contributed by atoms with Crippen LogP contribution in [0.15, 0.2) is 30.5 Å². The molecule has 0 amide bonds. The minimum Gasteiger partial charge on any atom is -0.396 e. The largest absolute Gasteiger partial charge is 0.396 e. The Morgan fingerprint density at radius 2 is 2.00 bits per heavy atom. The van der Waals surface area contributed by atoms with E-state index in [0.717, 1.165) is 36.7 Å². The third-order valence-electron chi connectivity index (χ3n) is 5.93. The van der Waals surface area contributed by atoms with Gasteiger partial charge < -0.3 is 10.4 Å². The molecule has 1 aromatic carbocycles. The molecule has 4 heteroatoms. The Hall–Kier alpha value is -1.03. The Balaban J connectivity index is 1.92. The number of allylic oxidation sites excluding steroid dienone is 1. The van der Waals surface area contributed by atoms with Crippen molar-refractivity contribution in [2.45, 2.75) is 78.3 Å². The van der Waals surface area contributed by atoms with Gasteiger partial charge in [0.1, 0.15) is 0 Å². The van der Waals surface area contributed by atoms with Gasteiger partial charge in [-0.15, -0.1) is 0 Å². The standard InChI is InChI=1S/C24H39ClN2O/c1-7-8-9-22(10-11-28)27-16-24(6,17-27)15-19(3)26-23(4,5)20-12-18(2)13-21(25)14-20/h12-14,22,26,28H,3,7-11,15-17H2,1-2,4-6H3. The summed E-state index contributed by atoms with van der Waals surface area (Å²) in [6.45, 7) is 17.8. The van der Waals surface area contributed by atoms with Crippen molar-refractivity contribution in [2.24, 2.45) is 5.41 Å². The Labute approximate surface area is 177 Å². The maximum absolute atomic E-state index is 9.39. The molecule has 3 nitrogen and oxygen atoms in total. The molecule has 158 valence electrons. The summed E-state index contributed by atoms with van der Waals surface area (Å²) in [6, 6.07) is 6.73. The summed E-state index contributed by atoms with van der Waals surface area (Å²) in [5, 5.41) is 13.8. The van der Waals surface area contributed by atoms with E-state index < -0.39 is 0 Å². The zero-order valence-corrected chi connectivity index (χ0v) is 19.2. The monoisotopic (exact) mass is 406 g/mol. The number of hydrogen-bond acceptors (Lipinski definition) is 3. The SMILES string of the molecule is C=C(CC1(C)CN(C(CCO)CCCC)C1)NC(C)(C)c1cc(C)cc(Cl)c1. The first kappa shape index (κ1) is 23.3. The second-order valence-electron chi connectivity index (χ2n) is 9.57. The van der Waals surface area contributed by atoms with Crippen LogP contribution in [-0.2, 0) is 5.54 Å². The number of unbranched alkanes of at least 4 members (excludes halogenated alkanes) is 1. The number of benzene rings is 1. The van der Waals surface area contributed by atoms with Crippen molar-refractivity contribution < 1.29 is 5.11 Å². The molecule has 1 aliphatic rings. The fraction of sp³-hybridized carbons (Fsp3) is 0.667. The Kier molecular flexibility index (Phi) is 8.01. The minimum absolute atomic E-state index is 0.215. The number of nitrogens with one attached hydrogen (secondary N) is 1. The van der Waals surface area contributed by atoms with Crippen LogP contribution < -0.4 is 5.32 Å². The zero-order chi connectivity index (χ0) is 20.9. The summed E-state index contributed by atoms with van der Waals surface area (Å²) < 4.78 is 0. The van der Waals surface area contributed by atoms with Gasteiger partial charge in [0.15, 0.2) is 0 Å². The second-order valence-corrected chi connectivity index (χ2v) is 10.0. The average molecular weight is 407 g/mol. The number of likely N-dealkylation sites (tertiary alicyclic amines) is 1. The molecule has 1 saturated heterocycles. The fourth-order valence-corrected chi connectivity index (χ4v) is 4.86. The van der Waals surface area contributed by atoms with E-state index in [9.17, 15) is 5.11 Å². The molecule has 0 spiro atoms. The summed E-state index contributed by atoms with van der Waals surface area (Å²) in [4.78, 5) is 2.55. The minimum atomic E-state index is -0.215. The zero-order valence-electron chi connectivity index (χ0n) is 18.4. The molecule has 1 fully saturated rings. The maximum atomic E-state index is 9.39. The van der Waals surface area contributed by atoms with Gasteiger partial charge in [0.05, 0.1) is 5.54 Å². The molecule has 1 aliphatic heterocycles. The van der Waals surface area contributed by atoms with Gasteiger partial charge in [-0.1, -0.05) is 50.9 Å². The highest BCUT2D eigenvalue weighted by Crippen LogP contribution is 2.39. The first-order valence-corrected chi connectivity index (χ1v) is 11.0. The highest BCUT2D eigenvalue weighted by Gasteiger charge is 2.42. The van der Waals surface area contributed by atoms with E-state index in [2.05, 4.69) is 57.5 Å². The molecule has 28 heavy (non-hydrogen) atoms. The summed E-state index contributed by atoms with van der Waals surface area (Å²) >= 11 is 6.26. The van der Waals surface area contributed by atoms with Gasteiger partial charge in [0, 0.05) is 36.5 Å². The van der Waals surface area contributed by atoms with E-state index in [1.165, 1.54) is 30.4 Å². The quantitative estimate of drug-likeness (QED) is 0.499. The van der Waals surface area contributed by atoms with Crippen LogP contribution in [-0.4, -0.2) is 35.7 Å². The van der Waals surface area contributed by atoms with Gasteiger partial charge in [0.25, 0.3) is 0 Å². The lowest BCUT2D eigenvalue weighted by atomic mass is 9.76. The molecule has 0 aromatic heterocycles. The predicted octanol–water partition coefficient (Wildman–Crippen LogP) is 5.64. The van der Waals surface area contributed by atoms with E-state index >= 15 is 0 Å². The lowest BCUT2D eigenvalue weighted by molar-refractivity contribution is -0.0293. The molecule has 1 unspecified atom stereocenters. The van der Waals surface area contributed by atoms with Gasteiger partial charge in [-0.05, 0) is 68.7 Å². The van der Waals surface area contributed by atoms with Crippen LogP contribution in [0, 0.1) is 12.3 Å². The molecular weight excluding hydrogens is 368 g/mol. The number of nitrogens with zero attached hydrogens (tertiary/aromatic N) is 1. The number of aliphatic hydroxyl groups excluding tert-OH is 1. The first-order valence-electron chi connectivity index (χ1n) is 10.7. The smallest absolute Gasteiger partial charge is 0.0566 e. The van der Waals surface area contributed by atoms with Crippen molar-refractivity contribution in [3.8, 4) is 0 Å². The predicted molar refractivity (Wildman–Crippen MR) is 121 cm³/mol. The lowest BCUT2D eigenvalue weighted by Gasteiger charge is -2.52. The van der Waals surface area contributed by atoms with Crippen molar-refractivity contribution in [3.05, 3.63) is 46.6 Å².